The molecule has 1 heterocycles. The highest BCUT2D eigenvalue weighted by Crippen LogP contribution is 2.26. The maximum atomic E-state index is 13.7. The van der Waals surface area contributed by atoms with Gasteiger partial charge in [0, 0.05) is 0 Å². The summed E-state index contributed by atoms with van der Waals surface area (Å²) in [7, 11) is 0. The normalized spacial score (nSPS) is 18.2. The van der Waals surface area contributed by atoms with Crippen LogP contribution in [-0.4, -0.2) is 22.9 Å². The van der Waals surface area contributed by atoms with Crippen LogP contribution in [0.2, 0.25) is 0 Å². The summed E-state index contributed by atoms with van der Waals surface area (Å²) in [5.74, 6) is 0.0423. The Kier molecular flexibility index (Phi) is 3.73. The summed E-state index contributed by atoms with van der Waals surface area (Å²) in [5, 5.41) is 3.87. The quantitative estimate of drug-likeness (QED) is 0.916. The Morgan fingerprint density at radius 2 is 2.19 bits per heavy atom. The van der Waals surface area contributed by atoms with Gasteiger partial charge in [-0.25, -0.2) is 4.39 Å². The summed E-state index contributed by atoms with van der Waals surface area (Å²) in [6.45, 7) is 2.09. The van der Waals surface area contributed by atoms with E-state index < -0.39 is 11.4 Å². The molecule has 2 N–H and O–H groups in total. The van der Waals surface area contributed by atoms with Gasteiger partial charge in [0.25, 0.3) is 5.89 Å². The lowest BCUT2D eigenvalue weighted by Crippen LogP contribution is -2.41. The topological polar surface area (TPSA) is 74.2 Å². The molecule has 0 amide bonds. The van der Waals surface area contributed by atoms with Crippen molar-refractivity contribution in [2.75, 3.05) is 6.61 Å². The second kappa shape index (κ2) is 5.54. The smallest absolute Gasteiger partial charge is 0.260 e. The maximum absolute atomic E-state index is 13.7. The van der Waals surface area contributed by atoms with Crippen molar-refractivity contribution < 1.29 is 13.7 Å². The van der Waals surface area contributed by atoms with Gasteiger partial charge >= 0.3 is 0 Å². The third-order valence-electron chi connectivity index (χ3n) is 3.71. The van der Waals surface area contributed by atoms with Crippen LogP contribution in [0.1, 0.15) is 32.0 Å². The summed E-state index contributed by atoms with van der Waals surface area (Å²) in [4.78, 5) is 4.21. The van der Waals surface area contributed by atoms with Gasteiger partial charge in [-0.2, -0.15) is 4.98 Å². The first-order valence-electron chi connectivity index (χ1n) is 7.06. The van der Waals surface area contributed by atoms with Gasteiger partial charge in [0.15, 0.2) is 5.82 Å². The SMILES string of the molecule is CC(N)(COC1CCC1)c1noc(-c2ccccc2F)n1. The van der Waals surface area contributed by atoms with Crippen LogP contribution in [0.25, 0.3) is 11.5 Å². The first-order chi connectivity index (χ1) is 10.1. The Morgan fingerprint density at radius 3 is 2.86 bits per heavy atom. The van der Waals surface area contributed by atoms with E-state index in [-0.39, 0.29) is 17.6 Å². The largest absolute Gasteiger partial charge is 0.376 e. The van der Waals surface area contributed by atoms with E-state index in [1.54, 1.807) is 25.1 Å². The molecule has 1 aliphatic carbocycles. The van der Waals surface area contributed by atoms with Crippen LogP contribution in [-0.2, 0) is 10.3 Å². The molecule has 0 aliphatic heterocycles. The Hall–Kier alpha value is -1.79. The van der Waals surface area contributed by atoms with Crippen molar-refractivity contribution in [3.05, 3.63) is 35.9 Å². The van der Waals surface area contributed by atoms with Crippen LogP contribution in [0.15, 0.2) is 28.8 Å². The van der Waals surface area contributed by atoms with Crippen LogP contribution in [0.5, 0.6) is 0 Å². The van der Waals surface area contributed by atoms with Crippen molar-refractivity contribution in [3.8, 4) is 11.5 Å². The molecule has 0 spiro atoms. The lowest BCUT2D eigenvalue weighted by molar-refractivity contribution is -0.0222. The van der Waals surface area contributed by atoms with Gasteiger partial charge in [-0.05, 0) is 38.3 Å². The molecule has 3 rings (SSSR count). The minimum absolute atomic E-state index is 0.128. The van der Waals surface area contributed by atoms with E-state index >= 15 is 0 Å². The van der Waals surface area contributed by atoms with Gasteiger partial charge in [0.05, 0.1) is 18.3 Å². The molecule has 1 aromatic heterocycles. The molecule has 0 radical (unpaired) electrons. The number of ether oxygens (including phenoxy) is 1. The van der Waals surface area contributed by atoms with Gasteiger partial charge in [-0.3, -0.25) is 0 Å². The third-order valence-corrected chi connectivity index (χ3v) is 3.71. The first kappa shape index (κ1) is 14.2. The molecule has 21 heavy (non-hydrogen) atoms. The zero-order valence-corrected chi connectivity index (χ0v) is 11.9. The van der Waals surface area contributed by atoms with Gasteiger partial charge in [-0.15, -0.1) is 0 Å². The van der Waals surface area contributed by atoms with Crippen molar-refractivity contribution >= 4 is 0 Å². The highest BCUT2D eigenvalue weighted by molar-refractivity contribution is 5.53. The molecule has 1 aromatic carbocycles. The fraction of sp³-hybridized carbons (Fsp3) is 0.467. The molecule has 6 heteroatoms. The standard InChI is InChI=1S/C15H18FN3O2/c1-15(17,9-20-10-5-4-6-10)14-18-13(21-19-14)11-7-2-3-8-12(11)16/h2-3,7-8,10H,4-6,9,17H2,1H3. The second-order valence-electron chi connectivity index (χ2n) is 5.68. The summed E-state index contributed by atoms with van der Waals surface area (Å²) < 4.78 is 24.5. The predicted octanol–water partition coefficient (Wildman–Crippen LogP) is 2.62. The second-order valence-corrected chi connectivity index (χ2v) is 5.68. The Labute approximate surface area is 122 Å². The number of nitrogens with zero attached hydrogens (tertiary/aromatic N) is 2. The zero-order valence-electron chi connectivity index (χ0n) is 11.9. The molecule has 1 atom stereocenters. The van der Waals surface area contributed by atoms with E-state index in [0.29, 0.717) is 12.4 Å². The first-order valence-corrected chi connectivity index (χ1v) is 7.06. The van der Waals surface area contributed by atoms with Crippen LogP contribution >= 0.6 is 0 Å². The van der Waals surface area contributed by atoms with Crippen molar-refractivity contribution in [3.63, 3.8) is 0 Å². The molecule has 5 nitrogen and oxygen atoms in total. The van der Waals surface area contributed by atoms with E-state index in [9.17, 15) is 4.39 Å². The molecule has 2 aromatic rings. The van der Waals surface area contributed by atoms with E-state index in [1.165, 1.54) is 12.5 Å². The number of hydrogen-bond acceptors (Lipinski definition) is 5. The van der Waals surface area contributed by atoms with E-state index in [2.05, 4.69) is 10.1 Å². The highest BCUT2D eigenvalue weighted by Gasteiger charge is 2.31. The Morgan fingerprint density at radius 1 is 1.43 bits per heavy atom. The van der Waals surface area contributed by atoms with Crippen molar-refractivity contribution in [1.29, 1.82) is 0 Å². The molecule has 1 aliphatic rings. The molecule has 0 saturated heterocycles. The van der Waals surface area contributed by atoms with E-state index in [1.807, 2.05) is 0 Å². The van der Waals surface area contributed by atoms with Gasteiger partial charge in [0.1, 0.15) is 11.4 Å². The number of aromatic nitrogens is 2. The van der Waals surface area contributed by atoms with Crippen molar-refractivity contribution in [1.82, 2.24) is 10.1 Å². The average Bonchev–Trinajstić information content (AvgIpc) is 2.87. The molecule has 112 valence electrons. The summed E-state index contributed by atoms with van der Waals surface area (Å²) in [5.41, 5.74) is 5.60. The summed E-state index contributed by atoms with van der Waals surface area (Å²) in [6.07, 6.45) is 3.63. The zero-order chi connectivity index (χ0) is 14.9. The molecule has 1 saturated carbocycles. The molecular weight excluding hydrogens is 273 g/mol. The minimum Gasteiger partial charge on any atom is -0.376 e. The van der Waals surface area contributed by atoms with Crippen LogP contribution in [0.3, 0.4) is 0 Å². The lowest BCUT2D eigenvalue weighted by atomic mass is 9.95. The monoisotopic (exact) mass is 291 g/mol. The number of benzene rings is 1. The van der Waals surface area contributed by atoms with Gasteiger partial charge in [0.2, 0.25) is 0 Å². The summed E-state index contributed by atoms with van der Waals surface area (Å²) >= 11 is 0. The Balaban J connectivity index is 1.75. The van der Waals surface area contributed by atoms with E-state index in [0.717, 1.165) is 12.8 Å². The number of nitrogens with two attached hydrogens (primary N) is 1. The number of rotatable bonds is 5. The highest BCUT2D eigenvalue weighted by atomic mass is 19.1. The molecule has 1 unspecified atom stereocenters. The fourth-order valence-corrected chi connectivity index (χ4v) is 2.09. The number of hydrogen-bond donors (Lipinski definition) is 1. The summed E-state index contributed by atoms with van der Waals surface area (Å²) in [6, 6.07) is 6.26. The Bertz CT molecular complexity index is 623. The predicted molar refractivity (Wildman–Crippen MR) is 74.8 cm³/mol. The number of halogens is 1. The third kappa shape index (κ3) is 2.96. The van der Waals surface area contributed by atoms with Crippen LogP contribution in [0, 0.1) is 5.82 Å². The lowest BCUT2D eigenvalue weighted by Gasteiger charge is -2.29. The maximum Gasteiger partial charge on any atom is 0.260 e. The molecular formula is C15H18FN3O2. The molecule has 1 fully saturated rings. The fourth-order valence-electron chi connectivity index (χ4n) is 2.09. The van der Waals surface area contributed by atoms with Gasteiger partial charge < -0.3 is 15.0 Å². The minimum atomic E-state index is -0.859. The van der Waals surface area contributed by atoms with Gasteiger partial charge in [-0.1, -0.05) is 17.3 Å². The van der Waals surface area contributed by atoms with Crippen LogP contribution in [0.4, 0.5) is 4.39 Å². The van der Waals surface area contributed by atoms with Crippen molar-refractivity contribution in [2.45, 2.75) is 37.8 Å². The molecule has 0 bridgehead atoms. The average molecular weight is 291 g/mol. The van der Waals surface area contributed by atoms with E-state index in [4.69, 9.17) is 15.0 Å². The van der Waals surface area contributed by atoms with Crippen LogP contribution < -0.4 is 5.73 Å². The van der Waals surface area contributed by atoms with Crippen molar-refractivity contribution in [2.24, 2.45) is 5.73 Å².